The molecule has 3 N–H and O–H groups in total. The molecule has 202 valence electrons. The highest BCUT2D eigenvalue weighted by molar-refractivity contribution is 6.31. The van der Waals surface area contributed by atoms with Gasteiger partial charge in [0.05, 0.1) is 18.3 Å². The van der Waals surface area contributed by atoms with Crippen LogP contribution >= 0.6 is 11.6 Å². The molecule has 1 aliphatic heterocycles. The molecule has 0 bridgehead atoms. The summed E-state index contributed by atoms with van der Waals surface area (Å²) in [6, 6.07) is 8.58. The number of benzene rings is 2. The van der Waals surface area contributed by atoms with Gasteiger partial charge in [-0.1, -0.05) is 50.9 Å². The first-order chi connectivity index (χ1) is 18.0. The average molecular weight is 543 g/mol. The molecule has 1 atom stereocenters. The summed E-state index contributed by atoms with van der Waals surface area (Å²) in [6.07, 6.45) is 1.52. The molecular weight excluding hydrogens is 512 g/mol. The maximum atomic E-state index is 13.7. The second-order valence-corrected chi connectivity index (χ2v) is 10.6. The third kappa shape index (κ3) is 5.57. The summed E-state index contributed by atoms with van der Waals surface area (Å²) < 4.78 is 10.9. The van der Waals surface area contributed by atoms with E-state index < -0.39 is 24.7 Å². The lowest BCUT2D eigenvalue weighted by atomic mass is 9.73. The lowest BCUT2D eigenvalue weighted by Gasteiger charge is -2.36. The van der Waals surface area contributed by atoms with Crippen LogP contribution < -0.4 is 15.0 Å². The van der Waals surface area contributed by atoms with Crippen molar-refractivity contribution in [1.29, 1.82) is 0 Å². The number of amides is 1. The van der Waals surface area contributed by atoms with Crippen molar-refractivity contribution in [2.75, 3.05) is 23.4 Å². The molecule has 2 aromatic rings. The van der Waals surface area contributed by atoms with E-state index in [4.69, 9.17) is 26.2 Å². The predicted octanol–water partition coefficient (Wildman–Crippen LogP) is 6.06. The highest BCUT2D eigenvalue weighted by atomic mass is 35.5. The molecule has 1 aliphatic carbocycles. The summed E-state index contributed by atoms with van der Waals surface area (Å²) in [4.78, 5) is 39.6. The van der Waals surface area contributed by atoms with Crippen LogP contribution in [0.2, 0.25) is 5.02 Å². The zero-order valence-electron chi connectivity index (χ0n) is 21.5. The van der Waals surface area contributed by atoms with Gasteiger partial charge in [-0.15, -0.1) is 0 Å². The van der Waals surface area contributed by atoms with E-state index in [1.54, 1.807) is 30.3 Å². The number of nitrogens with zero attached hydrogens (tertiary/aromatic N) is 1. The number of anilines is 2. The van der Waals surface area contributed by atoms with Crippen molar-refractivity contribution < 1.29 is 34.1 Å². The number of hydrogen-bond acceptors (Lipinski definition) is 7. The number of aromatic hydroxyl groups is 1. The molecule has 1 heterocycles. The van der Waals surface area contributed by atoms with Gasteiger partial charge in [0.2, 0.25) is 0 Å². The number of carbonyl (C=O) groups is 3. The number of nitrogens with one attached hydrogen (secondary N) is 1. The number of carbonyl (C=O) groups excluding carboxylic acids is 2. The van der Waals surface area contributed by atoms with E-state index in [-0.39, 0.29) is 39.8 Å². The van der Waals surface area contributed by atoms with Crippen LogP contribution in [0.25, 0.3) is 0 Å². The van der Waals surface area contributed by atoms with Crippen LogP contribution in [0, 0.1) is 5.41 Å². The van der Waals surface area contributed by atoms with Crippen molar-refractivity contribution in [2.24, 2.45) is 5.41 Å². The molecule has 1 unspecified atom stereocenters. The Kier molecular flexibility index (Phi) is 7.87. The Labute approximate surface area is 226 Å². The Hall–Kier alpha value is -3.72. The fraction of sp³-hybridized carbons (Fsp3) is 0.393. The molecule has 0 fully saturated rings. The first-order valence-corrected chi connectivity index (χ1v) is 12.9. The molecule has 9 nitrogen and oxygen atoms in total. The van der Waals surface area contributed by atoms with Crippen molar-refractivity contribution in [3.8, 4) is 11.5 Å². The number of Topliss-reactive ketones (excluding diaryl/α,β-unsaturated/α-hetero) is 1. The number of rotatable bonds is 7. The number of carboxylic acids is 1. The van der Waals surface area contributed by atoms with Gasteiger partial charge in [0.15, 0.2) is 12.4 Å². The van der Waals surface area contributed by atoms with Gasteiger partial charge in [0, 0.05) is 22.7 Å². The van der Waals surface area contributed by atoms with E-state index in [2.05, 4.69) is 12.2 Å². The Morgan fingerprint density at radius 2 is 1.97 bits per heavy atom. The van der Waals surface area contributed by atoms with Crippen LogP contribution in [-0.2, 0) is 14.3 Å². The van der Waals surface area contributed by atoms with Crippen molar-refractivity contribution in [3.63, 3.8) is 0 Å². The van der Waals surface area contributed by atoms with Crippen molar-refractivity contribution in [1.82, 2.24) is 0 Å². The van der Waals surface area contributed by atoms with Crippen LogP contribution in [0.15, 0.2) is 47.7 Å². The van der Waals surface area contributed by atoms with Crippen molar-refractivity contribution >= 4 is 40.8 Å². The van der Waals surface area contributed by atoms with Gasteiger partial charge in [-0.25, -0.2) is 9.59 Å². The molecular formula is C28H31ClN2O7. The standard InChI is InChI=1S/C28H31ClN2O7/c1-4-5-11-37-16-9-10-17(18(29)12-16)26-24-19(13-28(2,3)14-22(24)33)30-25-20(7-6-8-21(25)32)31(26)27(36)38-15-23(34)35/h6-10,12,26,30,32H,4-5,11,13-15H2,1-3H3,(H,34,35). The topological polar surface area (TPSA) is 125 Å². The largest absolute Gasteiger partial charge is 0.506 e. The molecule has 38 heavy (non-hydrogen) atoms. The van der Waals surface area contributed by atoms with Crippen molar-refractivity contribution in [2.45, 2.75) is 52.5 Å². The monoisotopic (exact) mass is 542 g/mol. The minimum atomic E-state index is -1.33. The lowest BCUT2D eigenvalue weighted by Crippen LogP contribution is -2.40. The summed E-state index contributed by atoms with van der Waals surface area (Å²) in [5.74, 6) is -1.13. The molecule has 0 radical (unpaired) electrons. The van der Waals surface area contributed by atoms with Gasteiger partial charge >= 0.3 is 12.1 Å². The number of ether oxygens (including phenoxy) is 2. The summed E-state index contributed by atoms with van der Waals surface area (Å²) in [7, 11) is 0. The Morgan fingerprint density at radius 1 is 1.21 bits per heavy atom. The second-order valence-electron chi connectivity index (χ2n) is 10.2. The van der Waals surface area contributed by atoms with E-state index >= 15 is 0 Å². The van der Waals surface area contributed by atoms with E-state index in [1.807, 2.05) is 13.8 Å². The zero-order chi connectivity index (χ0) is 27.6. The van der Waals surface area contributed by atoms with Crippen LogP contribution in [-0.4, -0.2) is 41.3 Å². The maximum absolute atomic E-state index is 13.7. The number of phenols is 1. The smallest absolute Gasteiger partial charge is 0.415 e. The molecule has 0 saturated carbocycles. The first kappa shape index (κ1) is 27.3. The number of phenolic OH excluding ortho intramolecular Hbond substituents is 1. The average Bonchev–Trinajstić information content (AvgIpc) is 2.97. The SMILES string of the molecule is CCCCOc1ccc(C2C3=C(CC(C)(C)CC3=O)Nc3c(O)cccc3N2C(=O)OCC(=O)O)c(Cl)c1. The van der Waals surface area contributed by atoms with E-state index in [1.165, 1.54) is 11.0 Å². The van der Waals surface area contributed by atoms with Gasteiger partial charge in [-0.3, -0.25) is 9.69 Å². The predicted molar refractivity (Wildman–Crippen MR) is 143 cm³/mol. The fourth-order valence-corrected chi connectivity index (χ4v) is 5.16. The number of allylic oxidation sites excluding steroid dienone is 1. The number of unbranched alkanes of at least 4 members (excludes halogenated alkanes) is 1. The number of hydrogen-bond donors (Lipinski definition) is 3. The molecule has 0 spiro atoms. The van der Waals surface area contributed by atoms with Gasteiger partial charge in [0.1, 0.15) is 17.2 Å². The Balaban J connectivity index is 1.93. The maximum Gasteiger partial charge on any atom is 0.415 e. The number of carboxylic acid groups (broad SMARTS) is 1. The minimum Gasteiger partial charge on any atom is -0.506 e. The molecule has 10 heteroatoms. The highest BCUT2D eigenvalue weighted by Gasteiger charge is 2.45. The number of aliphatic carboxylic acids is 1. The van der Waals surface area contributed by atoms with Gasteiger partial charge < -0.3 is 25.0 Å². The summed E-state index contributed by atoms with van der Waals surface area (Å²) >= 11 is 6.76. The fourth-order valence-electron chi connectivity index (χ4n) is 4.88. The van der Waals surface area contributed by atoms with Crippen LogP contribution in [0.5, 0.6) is 11.5 Å². The molecule has 2 aliphatic rings. The molecule has 1 amide bonds. The molecule has 2 aromatic carbocycles. The number of para-hydroxylation sites is 1. The van der Waals surface area contributed by atoms with Crippen LogP contribution in [0.1, 0.15) is 58.1 Å². The molecule has 4 rings (SSSR count). The Morgan fingerprint density at radius 3 is 2.66 bits per heavy atom. The summed E-state index contributed by atoms with van der Waals surface area (Å²) in [5.41, 5.74) is 1.32. The van der Waals surface area contributed by atoms with Gasteiger partial charge in [-0.05, 0) is 48.1 Å². The first-order valence-electron chi connectivity index (χ1n) is 12.5. The minimum absolute atomic E-state index is 0.146. The normalized spacial score (nSPS) is 18.2. The van der Waals surface area contributed by atoms with Gasteiger partial charge in [-0.2, -0.15) is 0 Å². The lowest BCUT2D eigenvalue weighted by molar-refractivity contribution is -0.140. The quantitative estimate of drug-likeness (QED) is 0.284. The number of fused-ring (bicyclic) bond motifs is 1. The zero-order valence-corrected chi connectivity index (χ0v) is 22.3. The van der Waals surface area contributed by atoms with Crippen LogP contribution in [0.3, 0.4) is 0 Å². The molecule has 0 saturated heterocycles. The number of halogens is 1. The Bertz CT molecular complexity index is 1300. The van der Waals surface area contributed by atoms with Gasteiger partial charge in [0.25, 0.3) is 0 Å². The third-order valence-electron chi connectivity index (χ3n) is 6.56. The third-order valence-corrected chi connectivity index (χ3v) is 6.88. The highest BCUT2D eigenvalue weighted by Crippen LogP contribution is 2.51. The summed E-state index contributed by atoms with van der Waals surface area (Å²) in [5, 5.41) is 23.4. The van der Waals surface area contributed by atoms with Crippen molar-refractivity contribution in [3.05, 3.63) is 58.3 Å². The van der Waals surface area contributed by atoms with E-state index in [0.717, 1.165) is 12.8 Å². The number of ketones is 1. The second kappa shape index (κ2) is 10.9. The van der Waals surface area contributed by atoms with E-state index in [0.29, 0.717) is 35.6 Å². The van der Waals surface area contributed by atoms with E-state index in [9.17, 15) is 19.5 Å². The molecule has 0 aromatic heterocycles. The summed E-state index contributed by atoms with van der Waals surface area (Å²) in [6.45, 7) is 5.63. The van der Waals surface area contributed by atoms with Crippen LogP contribution in [0.4, 0.5) is 16.2 Å².